The second-order valence-corrected chi connectivity index (χ2v) is 5.53. The first-order valence-electron chi connectivity index (χ1n) is 6.09. The maximum atomic E-state index is 11.1. The van der Waals surface area contributed by atoms with E-state index >= 15 is 0 Å². The zero-order valence-electron chi connectivity index (χ0n) is 10.7. The van der Waals surface area contributed by atoms with Gasteiger partial charge in [0.15, 0.2) is 0 Å². The minimum absolute atomic E-state index is 0. The first-order valence-corrected chi connectivity index (χ1v) is 6.89. The van der Waals surface area contributed by atoms with Gasteiger partial charge in [-0.3, -0.25) is 0 Å². The molecule has 5 nitrogen and oxygen atoms in total. The van der Waals surface area contributed by atoms with Gasteiger partial charge in [-0.2, -0.15) is 0 Å². The molecule has 7 heteroatoms. The highest BCUT2D eigenvalue weighted by molar-refractivity contribution is 9.10. The van der Waals surface area contributed by atoms with Crippen LogP contribution in [-0.4, -0.2) is 29.4 Å². The summed E-state index contributed by atoms with van der Waals surface area (Å²) in [6.45, 7) is 1.30. The summed E-state index contributed by atoms with van der Waals surface area (Å²) < 4.78 is 5.63. The summed E-state index contributed by atoms with van der Waals surface area (Å²) in [5, 5.41) is 19.1. The van der Waals surface area contributed by atoms with Gasteiger partial charge in [0.2, 0.25) is 0 Å². The second kappa shape index (κ2) is 7.26. The Bertz CT molecular complexity index is 492. The van der Waals surface area contributed by atoms with Crippen molar-refractivity contribution in [3.8, 4) is 5.75 Å². The van der Waals surface area contributed by atoms with Crippen molar-refractivity contribution in [2.75, 3.05) is 13.2 Å². The van der Waals surface area contributed by atoms with Gasteiger partial charge in [-0.25, -0.2) is 4.79 Å². The molecule has 112 valence electrons. The van der Waals surface area contributed by atoms with E-state index in [1.807, 2.05) is 0 Å². The molecule has 1 heterocycles. The number of carbonyl (C=O) groups is 1. The van der Waals surface area contributed by atoms with Crippen LogP contribution in [0.15, 0.2) is 16.6 Å². The van der Waals surface area contributed by atoms with E-state index in [1.54, 1.807) is 0 Å². The van der Waals surface area contributed by atoms with Gasteiger partial charge in [0.05, 0.1) is 10.0 Å². The minimum Gasteiger partial charge on any atom is -0.506 e. The minimum atomic E-state index is -1.04. The zero-order chi connectivity index (χ0) is 14.0. The number of rotatable bonds is 3. The molecule has 2 rings (SSSR count). The van der Waals surface area contributed by atoms with Crippen LogP contribution in [0, 0.1) is 5.92 Å². The van der Waals surface area contributed by atoms with Crippen LogP contribution in [0.3, 0.4) is 0 Å². The molecule has 1 saturated heterocycles. The molecule has 0 unspecified atom stereocenters. The van der Waals surface area contributed by atoms with Crippen molar-refractivity contribution in [1.82, 2.24) is 0 Å². The van der Waals surface area contributed by atoms with Crippen LogP contribution in [0.5, 0.6) is 5.75 Å². The number of carboxylic acid groups (broad SMARTS) is 1. The highest BCUT2D eigenvalue weighted by Crippen LogP contribution is 2.37. The smallest absolute Gasteiger partial charge is 0.335 e. The van der Waals surface area contributed by atoms with Crippen LogP contribution < -0.4 is 5.73 Å². The Morgan fingerprint density at radius 1 is 1.40 bits per heavy atom. The molecule has 1 atom stereocenters. The van der Waals surface area contributed by atoms with E-state index in [4.69, 9.17) is 15.6 Å². The summed E-state index contributed by atoms with van der Waals surface area (Å²) in [5.41, 5.74) is 6.76. The third kappa shape index (κ3) is 3.63. The SMILES string of the molecule is Cl.N[C@@H](c1cc(C(=O)O)cc(Br)c1O)C1CCOCC1. The van der Waals surface area contributed by atoms with Gasteiger partial charge < -0.3 is 20.7 Å². The van der Waals surface area contributed by atoms with Crippen LogP contribution in [-0.2, 0) is 4.74 Å². The number of phenolic OH excluding ortho intramolecular Hbond substituents is 1. The van der Waals surface area contributed by atoms with E-state index in [1.165, 1.54) is 12.1 Å². The summed E-state index contributed by atoms with van der Waals surface area (Å²) in [6.07, 6.45) is 1.63. The molecule has 1 aliphatic heterocycles. The van der Waals surface area contributed by atoms with E-state index < -0.39 is 5.97 Å². The maximum Gasteiger partial charge on any atom is 0.335 e. The van der Waals surface area contributed by atoms with Gasteiger partial charge in [0.1, 0.15) is 5.75 Å². The van der Waals surface area contributed by atoms with E-state index in [2.05, 4.69) is 15.9 Å². The number of halogens is 2. The number of aromatic hydroxyl groups is 1. The number of hydrogen-bond donors (Lipinski definition) is 3. The number of benzene rings is 1. The predicted molar refractivity (Wildman–Crippen MR) is 80.5 cm³/mol. The third-order valence-corrected chi connectivity index (χ3v) is 4.08. The van der Waals surface area contributed by atoms with Crippen molar-refractivity contribution in [2.45, 2.75) is 18.9 Å². The Morgan fingerprint density at radius 3 is 2.55 bits per heavy atom. The van der Waals surface area contributed by atoms with Gasteiger partial charge in [0.25, 0.3) is 0 Å². The first kappa shape index (κ1) is 17.2. The Morgan fingerprint density at radius 2 is 2.00 bits per heavy atom. The van der Waals surface area contributed by atoms with Gasteiger partial charge >= 0.3 is 5.97 Å². The normalized spacial score (nSPS) is 17.3. The third-order valence-electron chi connectivity index (χ3n) is 3.47. The summed E-state index contributed by atoms with van der Waals surface area (Å²) in [7, 11) is 0. The highest BCUT2D eigenvalue weighted by atomic mass is 79.9. The van der Waals surface area contributed by atoms with Crippen LogP contribution in [0.4, 0.5) is 0 Å². The molecule has 0 aliphatic carbocycles. The van der Waals surface area contributed by atoms with Crippen LogP contribution >= 0.6 is 28.3 Å². The fraction of sp³-hybridized carbons (Fsp3) is 0.462. The summed E-state index contributed by atoms with van der Waals surface area (Å²) >= 11 is 3.16. The molecule has 0 spiro atoms. The van der Waals surface area contributed by atoms with Crippen LogP contribution in [0.1, 0.15) is 34.8 Å². The molecule has 20 heavy (non-hydrogen) atoms. The van der Waals surface area contributed by atoms with E-state index in [0.29, 0.717) is 23.2 Å². The summed E-state index contributed by atoms with van der Waals surface area (Å²) in [5.74, 6) is -0.833. The summed E-state index contributed by atoms with van der Waals surface area (Å²) in [6, 6.07) is 2.43. The number of nitrogens with two attached hydrogens (primary N) is 1. The summed E-state index contributed by atoms with van der Waals surface area (Å²) in [4.78, 5) is 11.1. The number of ether oxygens (including phenoxy) is 1. The molecule has 1 fully saturated rings. The lowest BCUT2D eigenvalue weighted by atomic mass is 9.87. The molecule has 0 bridgehead atoms. The van der Waals surface area contributed by atoms with E-state index in [9.17, 15) is 9.90 Å². The van der Waals surface area contributed by atoms with Crippen molar-refractivity contribution in [2.24, 2.45) is 11.7 Å². The lowest BCUT2D eigenvalue weighted by Crippen LogP contribution is -2.27. The number of carboxylic acids is 1. The zero-order valence-corrected chi connectivity index (χ0v) is 13.1. The Labute approximate surface area is 131 Å². The predicted octanol–water partition coefficient (Wildman–Crippen LogP) is 2.70. The average Bonchev–Trinajstić information content (AvgIpc) is 2.41. The first-order chi connectivity index (χ1) is 9.00. The van der Waals surface area contributed by atoms with Gasteiger partial charge in [0, 0.05) is 24.8 Å². The number of hydrogen-bond acceptors (Lipinski definition) is 4. The standard InChI is InChI=1S/C13H16BrNO4.ClH/c14-10-6-8(13(17)18)5-9(12(10)16)11(15)7-1-3-19-4-2-7;/h5-7,11,16H,1-4,15H2,(H,17,18);1H/t11-;/m1./s1. The Balaban J connectivity index is 0.00000200. The topological polar surface area (TPSA) is 92.8 Å². The van der Waals surface area contributed by atoms with Gasteiger partial charge in [-0.05, 0) is 46.8 Å². The molecule has 1 aliphatic rings. The van der Waals surface area contributed by atoms with Crippen molar-refractivity contribution in [3.63, 3.8) is 0 Å². The lowest BCUT2D eigenvalue weighted by molar-refractivity contribution is 0.0580. The fourth-order valence-corrected chi connectivity index (χ4v) is 2.80. The Kier molecular flexibility index (Phi) is 6.26. The lowest BCUT2D eigenvalue weighted by Gasteiger charge is -2.28. The van der Waals surface area contributed by atoms with Crippen molar-refractivity contribution >= 4 is 34.3 Å². The number of aromatic carboxylic acids is 1. The molecule has 1 aromatic carbocycles. The second-order valence-electron chi connectivity index (χ2n) is 4.68. The maximum absolute atomic E-state index is 11.1. The molecule has 1 aromatic rings. The number of phenols is 1. The molecular weight excluding hydrogens is 350 g/mol. The quantitative estimate of drug-likeness (QED) is 0.765. The van der Waals surface area contributed by atoms with Gasteiger partial charge in [-0.1, -0.05) is 0 Å². The Hall–Kier alpha value is -0.820. The van der Waals surface area contributed by atoms with Crippen molar-refractivity contribution in [1.29, 1.82) is 0 Å². The largest absolute Gasteiger partial charge is 0.506 e. The molecule has 4 N–H and O–H groups in total. The van der Waals surface area contributed by atoms with Crippen molar-refractivity contribution < 1.29 is 19.7 Å². The van der Waals surface area contributed by atoms with E-state index in [-0.39, 0.29) is 35.7 Å². The monoisotopic (exact) mass is 365 g/mol. The molecule has 0 saturated carbocycles. The van der Waals surface area contributed by atoms with Crippen molar-refractivity contribution in [3.05, 3.63) is 27.7 Å². The van der Waals surface area contributed by atoms with Gasteiger partial charge in [-0.15, -0.1) is 12.4 Å². The van der Waals surface area contributed by atoms with Crippen LogP contribution in [0.2, 0.25) is 0 Å². The highest BCUT2D eigenvalue weighted by Gasteiger charge is 2.26. The molecule has 0 radical (unpaired) electrons. The molecule has 0 aromatic heterocycles. The molecular formula is C13H17BrClNO4. The molecule has 0 amide bonds. The average molecular weight is 367 g/mol. The van der Waals surface area contributed by atoms with E-state index in [0.717, 1.165) is 12.8 Å². The fourth-order valence-electron chi connectivity index (χ4n) is 2.33. The van der Waals surface area contributed by atoms with Crippen LogP contribution in [0.25, 0.3) is 0 Å².